The number of unbranched alkanes of at least 4 members (excludes halogenated alkanes) is 3. The second kappa shape index (κ2) is 11.8. The summed E-state index contributed by atoms with van der Waals surface area (Å²) in [6, 6.07) is 5.80. The first-order chi connectivity index (χ1) is 10.3. The average molecular weight is 316 g/mol. The molecular weight excluding hydrogens is 290 g/mol. The predicted molar refractivity (Wildman–Crippen MR) is 86.1 cm³/mol. The lowest BCUT2D eigenvalue weighted by molar-refractivity contribution is 0.199. The Morgan fingerprint density at radius 2 is 1.95 bits per heavy atom. The van der Waals surface area contributed by atoms with Gasteiger partial charge in [-0.1, -0.05) is 30.2 Å². The number of aliphatic hydroxyl groups is 1. The van der Waals surface area contributed by atoms with Crippen LogP contribution in [0, 0.1) is 0 Å². The predicted octanol–water partition coefficient (Wildman–Crippen LogP) is 3.01. The summed E-state index contributed by atoms with van der Waals surface area (Å²) in [4.78, 5) is 0. The minimum atomic E-state index is 0.267. The monoisotopic (exact) mass is 315 g/mol. The van der Waals surface area contributed by atoms with E-state index in [0.29, 0.717) is 24.8 Å². The van der Waals surface area contributed by atoms with Gasteiger partial charge in [0.2, 0.25) is 0 Å². The highest BCUT2D eigenvalue weighted by Crippen LogP contribution is 2.28. The second-order valence-corrected chi connectivity index (χ2v) is 5.29. The molecule has 0 saturated carbocycles. The van der Waals surface area contributed by atoms with E-state index in [1.807, 2.05) is 18.2 Å². The van der Waals surface area contributed by atoms with Crippen LogP contribution in [0.2, 0.25) is 5.02 Å². The van der Waals surface area contributed by atoms with Crippen molar-refractivity contribution in [3.05, 3.63) is 28.8 Å². The molecule has 0 unspecified atom stereocenters. The molecule has 0 radical (unpaired) electrons. The molecule has 0 aliphatic heterocycles. The van der Waals surface area contributed by atoms with Crippen molar-refractivity contribution in [1.82, 2.24) is 5.32 Å². The molecule has 0 bridgehead atoms. The molecule has 0 saturated heterocycles. The van der Waals surface area contributed by atoms with Crippen molar-refractivity contribution in [2.75, 3.05) is 33.5 Å². The van der Waals surface area contributed by atoms with Crippen molar-refractivity contribution in [3.8, 4) is 5.75 Å². The lowest BCUT2D eigenvalue weighted by atomic mass is 10.2. The Kier molecular flexibility index (Phi) is 10.3. The summed E-state index contributed by atoms with van der Waals surface area (Å²) in [5, 5.41) is 12.7. The molecule has 120 valence electrons. The summed E-state index contributed by atoms with van der Waals surface area (Å²) in [6.45, 7) is 3.11. The fourth-order valence-corrected chi connectivity index (χ4v) is 2.24. The van der Waals surface area contributed by atoms with Crippen LogP contribution < -0.4 is 10.1 Å². The molecule has 0 amide bonds. The van der Waals surface area contributed by atoms with Crippen molar-refractivity contribution in [2.45, 2.75) is 32.2 Å². The maximum atomic E-state index is 8.73. The minimum Gasteiger partial charge on any atom is -0.492 e. The van der Waals surface area contributed by atoms with Crippen LogP contribution in [0.4, 0.5) is 0 Å². The van der Waals surface area contributed by atoms with Gasteiger partial charge in [0.05, 0.1) is 18.2 Å². The SMILES string of the molecule is COCCNCc1cccc(Cl)c1OCCCCCCO. The van der Waals surface area contributed by atoms with Gasteiger partial charge in [-0.25, -0.2) is 0 Å². The smallest absolute Gasteiger partial charge is 0.142 e. The first kappa shape index (κ1) is 18.2. The van der Waals surface area contributed by atoms with Crippen molar-refractivity contribution >= 4 is 11.6 Å². The number of halogens is 1. The van der Waals surface area contributed by atoms with E-state index in [2.05, 4.69) is 5.32 Å². The highest BCUT2D eigenvalue weighted by atomic mass is 35.5. The van der Waals surface area contributed by atoms with Crippen molar-refractivity contribution in [2.24, 2.45) is 0 Å². The molecule has 0 aliphatic carbocycles. The van der Waals surface area contributed by atoms with Gasteiger partial charge in [-0.15, -0.1) is 0 Å². The molecule has 4 nitrogen and oxygen atoms in total. The third-order valence-electron chi connectivity index (χ3n) is 3.15. The molecule has 1 aromatic carbocycles. The Labute approximate surface area is 132 Å². The summed E-state index contributed by atoms with van der Waals surface area (Å²) in [7, 11) is 1.69. The number of ether oxygens (including phenoxy) is 2. The molecule has 0 atom stereocenters. The largest absolute Gasteiger partial charge is 0.492 e. The van der Waals surface area contributed by atoms with Crippen LogP contribution in [-0.4, -0.2) is 38.6 Å². The number of hydrogen-bond acceptors (Lipinski definition) is 4. The van der Waals surface area contributed by atoms with E-state index >= 15 is 0 Å². The molecule has 0 fully saturated rings. The zero-order chi connectivity index (χ0) is 15.3. The first-order valence-electron chi connectivity index (χ1n) is 7.50. The topological polar surface area (TPSA) is 50.7 Å². The fourth-order valence-electron chi connectivity index (χ4n) is 1.99. The van der Waals surface area contributed by atoms with Gasteiger partial charge in [-0.05, 0) is 25.3 Å². The molecule has 1 aromatic rings. The third-order valence-corrected chi connectivity index (χ3v) is 3.44. The Balaban J connectivity index is 2.39. The molecule has 5 heteroatoms. The fraction of sp³-hybridized carbons (Fsp3) is 0.625. The van der Waals surface area contributed by atoms with Gasteiger partial charge in [0.25, 0.3) is 0 Å². The quantitative estimate of drug-likeness (QED) is 0.582. The third kappa shape index (κ3) is 7.67. The average Bonchev–Trinajstić information content (AvgIpc) is 2.49. The zero-order valence-electron chi connectivity index (χ0n) is 12.7. The molecular formula is C16H26ClNO3. The van der Waals surface area contributed by atoms with Gasteiger partial charge in [0, 0.05) is 32.4 Å². The number of para-hydroxylation sites is 1. The minimum absolute atomic E-state index is 0.267. The summed E-state index contributed by atoms with van der Waals surface area (Å²) >= 11 is 6.22. The lowest BCUT2D eigenvalue weighted by Gasteiger charge is -2.13. The maximum Gasteiger partial charge on any atom is 0.142 e. The van der Waals surface area contributed by atoms with Gasteiger partial charge in [0.15, 0.2) is 0 Å². The van der Waals surface area contributed by atoms with Crippen LogP contribution in [-0.2, 0) is 11.3 Å². The molecule has 0 heterocycles. The maximum absolute atomic E-state index is 8.73. The highest BCUT2D eigenvalue weighted by Gasteiger charge is 2.08. The summed E-state index contributed by atoms with van der Waals surface area (Å²) in [5.41, 5.74) is 1.06. The van der Waals surface area contributed by atoms with Crippen molar-refractivity contribution in [1.29, 1.82) is 0 Å². The van der Waals surface area contributed by atoms with Crippen LogP contribution in [0.25, 0.3) is 0 Å². The molecule has 21 heavy (non-hydrogen) atoms. The van der Waals surface area contributed by atoms with Crippen molar-refractivity contribution < 1.29 is 14.6 Å². The van der Waals surface area contributed by atoms with E-state index in [1.165, 1.54) is 0 Å². The summed E-state index contributed by atoms with van der Waals surface area (Å²) in [6.07, 6.45) is 3.93. The van der Waals surface area contributed by atoms with E-state index in [9.17, 15) is 0 Å². The van der Waals surface area contributed by atoms with Crippen LogP contribution in [0.1, 0.15) is 31.2 Å². The summed E-state index contributed by atoms with van der Waals surface area (Å²) in [5.74, 6) is 0.770. The molecule has 2 N–H and O–H groups in total. The Bertz CT molecular complexity index is 388. The van der Waals surface area contributed by atoms with Gasteiger partial charge in [-0.3, -0.25) is 0 Å². The van der Waals surface area contributed by atoms with E-state index in [4.69, 9.17) is 26.2 Å². The normalized spacial score (nSPS) is 10.8. The Morgan fingerprint density at radius 3 is 2.71 bits per heavy atom. The van der Waals surface area contributed by atoms with E-state index in [-0.39, 0.29) is 6.61 Å². The van der Waals surface area contributed by atoms with Crippen LogP contribution >= 0.6 is 11.6 Å². The van der Waals surface area contributed by atoms with Gasteiger partial charge in [0.1, 0.15) is 5.75 Å². The molecule has 0 spiro atoms. The highest BCUT2D eigenvalue weighted by molar-refractivity contribution is 6.32. The van der Waals surface area contributed by atoms with Crippen LogP contribution in [0.15, 0.2) is 18.2 Å². The van der Waals surface area contributed by atoms with E-state index in [0.717, 1.165) is 43.5 Å². The molecule has 0 aliphatic rings. The van der Waals surface area contributed by atoms with Crippen LogP contribution in [0.5, 0.6) is 5.75 Å². The van der Waals surface area contributed by atoms with E-state index < -0.39 is 0 Å². The second-order valence-electron chi connectivity index (χ2n) is 4.88. The van der Waals surface area contributed by atoms with Gasteiger partial charge >= 0.3 is 0 Å². The summed E-state index contributed by atoms with van der Waals surface area (Å²) < 4.78 is 10.8. The van der Waals surface area contributed by atoms with Crippen LogP contribution in [0.3, 0.4) is 0 Å². The van der Waals surface area contributed by atoms with E-state index in [1.54, 1.807) is 7.11 Å². The lowest BCUT2D eigenvalue weighted by Crippen LogP contribution is -2.19. The molecule has 0 aromatic heterocycles. The number of hydrogen-bond donors (Lipinski definition) is 2. The number of nitrogens with one attached hydrogen (secondary N) is 1. The number of benzene rings is 1. The van der Waals surface area contributed by atoms with Gasteiger partial charge in [-0.2, -0.15) is 0 Å². The number of rotatable bonds is 12. The zero-order valence-corrected chi connectivity index (χ0v) is 13.5. The standard InChI is InChI=1S/C16H26ClNO3/c1-20-12-9-18-13-14-7-6-8-15(17)16(14)21-11-5-3-2-4-10-19/h6-8,18-19H,2-5,9-13H2,1H3. The molecule has 1 rings (SSSR count). The van der Waals surface area contributed by atoms with Crippen molar-refractivity contribution in [3.63, 3.8) is 0 Å². The number of aliphatic hydroxyl groups excluding tert-OH is 1. The Hall–Kier alpha value is -0.810. The first-order valence-corrected chi connectivity index (χ1v) is 7.88. The van der Waals surface area contributed by atoms with Gasteiger partial charge < -0.3 is 19.9 Å². The Morgan fingerprint density at radius 1 is 1.14 bits per heavy atom. The number of methoxy groups -OCH3 is 1.